The lowest BCUT2D eigenvalue weighted by atomic mass is 10.0. The molecule has 0 saturated heterocycles. The van der Waals surface area contributed by atoms with Crippen LogP contribution in [-0.2, 0) is 0 Å². The van der Waals surface area contributed by atoms with Crippen LogP contribution in [-0.4, -0.2) is 16.2 Å². The van der Waals surface area contributed by atoms with Gasteiger partial charge in [-0.2, -0.15) is 0 Å². The van der Waals surface area contributed by atoms with Crippen LogP contribution in [0.25, 0.3) is 0 Å². The molecule has 0 aliphatic rings. The number of carbonyl (C=O) groups is 1. The molecule has 2 N–H and O–H groups in total. The third-order valence-electron chi connectivity index (χ3n) is 2.63. The van der Waals surface area contributed by atoms with Gasteiger partial charge in [-0.3, -0.25) is 0 Å². The van der Waals surface area contributed by atoms with E-state index in [0.29, 0.717) is 14.8 Å². The van der Waals surface area contributed by atoms with E-state index in [2.05, 4.69) is 0 Å². The van der Waals surface area contributed by atoms with Crippen molar-refractivity contribution < 1.29 is 15.0 Å². The Bertz CT molecular complexity index is 572. The van der Waals surface area contributed by atoms with Crippen LogP contribution in [0.4, 0.5) is 0 Å². The topological polar surface area (TPSA) is 57.5 Å². The highest BCUT2D eigenvalue weighted by atomic mass is 35.5. The molecular formula is C13H11ClO3S. The molecule has 5 heteroatoms. The highest BCUT2D eigenvalue weighted by Gasteiger charge is 2.20. The van der Waals surface area contributed by atoms with Crippen molar-refractivity contribution >= 4 is 28.9 Å². The molecule has 0 bridgehead atoms. The van der Waals surface area contributed by atoms with E-state index in [1.165, 1.54) is 17.4 Å². The van der Waals surface area contributed by atoms with Crippen LogP contribution in [0.1, 0.15) is 32.5 Å². The number of carboxylic acid groups (broad SMARTS) is 1. The molecule has 0 amide bonds. The molecular weight excluding hydrogens is 272 g/mol. The fourth-order valence-electron chi connectivity index (χ4n) is 1.70. The predicted molar refractivity (Wildman–Crippen MR) is 71.5 cm³/mol. The molecule has 2 aromatic rings. The van der Waals surface area contributed by atoms with E-state index in [1.54, 1.807) is 24.3 Å². The zero-order valence-corrected chi connectivity index (χ0v) is 11.1. The molecule has 18 heavy (non-hydrogen) atoms. The number of thiophene rings is 1. The van der Waals surface area contributed by atoms with Crippen LogP contribution in [0.2, 0.25) is 4.34 Å². The summed E-state index contributed by atoms with van der Waals surface area (Å²) in [4.78, 5) is 11.7. The first-order valence-electron chi connectivity index (χ1n) is 5.27. The van der Waals surface area contributed by atoms with Crippen molar-refractivity contribution in [2.24, 2.45) is 0 Å². The predicted octanol–water partition coefficient (Wildman–Crippen LogP) is 3.49. The Labute approximate surface area is 113 Å². The van der Waals surface area contributed by atoms with Gasteiger partial charge in [0, 0.05) is 10.4 Å². The number of aliphatic hydroxyl groups is 1. The monoisotopic (exact) mass is 282 g/mol. The van der Waals surface area contributed by atoms with Crippen molar-refractivity contribution in [1.82, 2.24) is 0 Å². The van der Waals surface area contributed by atoms with Crippen LogP contribution in [0.5, 0.6) is 0 Å². The number of benzene rings is 1. The van der Waals surface area contributed by atoms with E-state index in [1.807, 2.05) is 6.92 Å². The number of hydrogen-bond acceptors (Lipinski definition) is 3. The fraction of sp³-hybridized carbons (Fsp3) is 0.154. The van der Waals surface area contributed by atoms with E-state index >= 15 is 0 Å². The van der Waals surface area contributed by atoms with Crippen molar-refractivity contribution in [1.29, 1.82) is 0 Å². The average Bonchev–Trinajstić information content (AvgIpc) is 2.68. The van der Waals surface area contributed by atoms with Gasteiger partial charge in [-0.15, -0.1) is 11.3 Å². The lowest BCUT2D eigenvalue weighted by Crippen LogP contribution is -2.07. The van der Waals surface area contributed by atoms with Crippen LogP contribution in [0, 0.1) is 6.92 Å². The van der Waals surface area contributed by atoms with Crippen molar-refractivity contribution in [3.05, 3.63) is 56.2 Å². The van der Waals surface area contributed by atoms with Crippen LogP contribution in [0.15, 0.2) is 30.3 Å². The zero-order valence-electron chi connectivity index (χ0n) is 9.55. The average molecular weight is 283 g/mol. The minimum atomic E-state index is -1.05. The summed E-state index contributed by atoms with van der Waals surface area (Å²) < 4.78 is 0.608. The zero-order chi connectivity index (χ0) is 13.3. The number of rotatable bonds is 3. The third kappa shape index (κ3) is 2.41. The Morgan fingerprint density at radius 2 is 2.06 bits per heavy atom. The van der Waals surface area contributed by atoms with Gasteiger partial charge in [-0.25, -0.2) is 4.79 Å². The van der Waals surface area contributed by atoms with E-state index < -0.39 is 12.1 Å². The van der Waals surface area contributed by atoms with Crippen molar-refractivity contribution in [2.75, 3.05) is 0 Å². The van der Waals surface area contributed by atoms with Crippen molar-refractivity contribution in [3.63, 3.8) is 0 Å². The lowest BCUT2D eigenvalue weighted by Gasteiger charge is -2.11. The molecule has 0 aliphatic carbocycles. The minimum absolute atomic E-state index is 0.104. The van der Waals surface area contributed by atoms with Gasteiger partial charge in [0.15, 0.2) is 0 Å². The Balaban J connectivity index is 2.45. The summed E-state index contributed by atoms with van der Waals surface area (Å²) in [6, 6.07) is 8.19. The molecule has 0 spiro atoms. The van der Waals surface area contributed by atoms with Gasteiger partial charge in [0.1, 0.15) is 6.10 Å². The minimum Gasteiger partial charge on any atom is -0.478 e. The molecule has 1 atom stereocenters. The number of aromatic carboxylic acids is 1. The first-order chi connectivity index (χ1) is 8.50. The summed E-state index contributed by atoms with van der Waals surface area (Å²) in [5, 5.41) is 19.3. The Morgan fingerprint density at radius 1 is 1.39 bits per heavy atom. The van der Waals surface area contributed by atoms with Gasteiger partial charge < -0.3 is 10.2 Å². The molecule has 0 saturated carbocycles. The summed E-state index contributed by atoms with van der Waals surface area (Å²) in [5.41, 5.74) is 1.36. The van der Waals surface area contributed by atoms with E-state index in [9.17, 15) is 9.90 Å². The molecule has 0 fully saturated rings. The van der Waals surface area contributed by atoms with Gasteiger partial charge in [0.2, 0.25) is 0 Å². The molecule has 3 nitrogen and oxygen atoms in total. The maximum absolute atomic E-state index is 11.1. The first kappa shape index (κ1) is 13.1. The van der Waals surface area contributed by atoms with E-state index in [4.69, 9.17) is 16.7 Å². The number of hydrogen-bond donors (Lipinski definition) is 2. The molecule has 1 unspecified atom stereocenters. The summed E-state index contributed by atoms with van der Waals surface area (Å²) in [6.07, 6.45) is -0.964. The second-order valence-corrected chi connectivity index (χ2v) is 5.59. The van der Waals surface area contributed by atoms with E-state index in [-0.39, 0.29) is 5.56 Å². The van der Waals surface area contributed by atoms with E-state index in [0.717, 1.165) is 5.56 Å². The Morgan fingerprint density at radius 3 is 2.61 bits per heavy atom. The number of aliphatic hydroxyl groups excluding tert-OH is 1. The van der Waals surface area contributed by atoms with Gasteiger partial charge in [0.25, 0.3) is 0 Å². The second-order valence-electron chi connectivity index (χ2n) is 3.90. The first-order valence-corrected chi connectivity index (χ1v) is 6.46. The summed E-state index contributed by atoms with van der Waals surface area (Å²) in [7, 11) is 0. The summed E-state index contributed by atoms with van der Waals surface area (Å²) in [6.45, 7) is 1.85. The van der Waals surface area contributed by atoms with Crippen LogP contribution < -0.4 is 0 Å². The van der Waals surface area contributed by atoms with Gasteiger partial charge in [-0.1, -0.05) is 29.8 Å². The third-order valence-corrected chi connectivity index (χ3v) is 4.24. The Kier molecular flexibility index (Phi) is 3.71. The van der Waals surface area contributed by atoms with Gasteiger partial charge in [-0.05, 0) is 24.6 Å². The smallest absolute Gasteiger partial charge is 0.336 e. The molecule has 2 rings (SSSR count). The maximum Gasteiger partial charge on any atom is 0.336 e. The number of aryl methyl sites for hydroxylation is 1. The molecule has 1 aromatic carbocycles. The maximum atomic E-state index is 11.1. The number of halogens is 1. The quantitative estimate of drug-likeness (QED) is 0.906. The molecule has 0 aliphatic heterocycles. The number of carboxylic acids is 1. The van der Waals surface area contributed by atoms with Gasteiger partial charge >= 0.3 is 5.97 Å². The van der Waals surface area contributed by atoms with Crippen molar-refractivity contribution in [3.8, 4) is 0 Å². The normalized spacial score (nSPS) is 12.4. The molecule has 0 radical (unpaired) electrons. The highest BCUT2D eigenvalue weighted by molar-refractivity contribution is 7.16. The molecule has 1 heterocycles. The van der Waals surface area contributed by atoms with Gasteiger partial charge in [0.05, 0.1) is 9.90 Å². The summed E-state index contributed by atoms with van der Waals surface area (Å²) >= 11 is 7.21. The highest BCUT2D eigenvalue weighted by Crippen LogP contribution is 2.34. The molecule has 1 aromatic heterocycles. The largest absolute Gasteiger partial charge is 0.478 e. The Hall–Kier alpha value is -1.36. The second kappa shape index (κ2) is 5.10. The van der Waals surface area contributed by atoms with Crippen molar-refractivity contribution in [2.45, 2.75) is 13.0 Å². The molecule has 94 valence electrons. The summed E-state index contributed by atoms with van der Waals surface area (Å²) in [5.74, 6) is -1.05. The lowest BCUT2D eigenvalue weighted by molar-refractivity contribution is 0.0691. The standard InChI is InChI=1S/C13H11ClO3S/c1-7-6-10(18-12(7)14)11(15)8-4-2-3-5-9(8)13(16)17/h2-6,11,15H,1H3,(H,16,17). The fourth-order valence-corrected chi connectivity index (χ4v) is 2.92. The van der Waals surface area contributed by atoms with Crippen LogP contribution in [0.3, 0.4) is 0 Å². The van der Waals surface area contributed by atoms with Crippen LogP contribution >= 0.6 is 22.9 Å². The SMILES string of the molecule is Cc1cc(C(O)c2ccccc2C(=O)O)sc1Cl.